The van der Waals surface area contributed by atoms with Gasteiger partial charge in [-0.2, -0.15) is 18.3 Å². The van der Waals surface area contributed by atoms with Crippen molar-refractivity contribution in [3.8, 4) is 5.69 Å². The quantitative estimate of drug-likeness (QED) is 0.242. The predicted molar refractivity (Wildman–Crippen MR) is 138 cm³/mol. The van der Waals surface area contributed by atoms with E-state index >= 15 is 0 Å². The lowest BCUT2D eigenvalue weighted by Crippen LogP contribution is -2.47. The molecule has 1 saturated heterocycles. The molecule has 0 radical (unpaired) electrons. The molecule has 1 aliphatic heterocycles. The summed E-state index contributed by atoms with van der Waals surface area (Å²) in [6, 6.07) is 9.32. The average Bonchev–Trinajstić information content (AvgIpc) is 3.47. The molecule has 4 nitrogen and oxygen atoms in total. The third-order valence-electron chi connectivity index (χ3n) is 8.17. The number of aryl methyl sites for hydroxylation is 2. The number of hydrogen-bond acceptors (Lipinski definition) is 4. The van der Waals surface area contributed by atoms with E-state index in [2.05, 4.69) is 36.0 Å². The average molecular weight is 547 g/mol. The summed E-state index contributed by atoms with van der Waals surface area (Å²) < 4.78 is 71.3. The van der Waals surface area contributed by atoms with Gasteiger partial charge in [0.15, 0.2) is 5.13 Å². The third-order valence-corrected chi connectivity index (χ3v) is 9.23. The second kappa shape index (κ2) is 9.03. The number of piperidine rings is 1. The summed E-state index contributed by atoms with van der Waals surface area (Å²) in [5.74, 6) is -0.262. The Hall–Kier alpha value is -3.01. The van der Waals surface area contributed by atoms with Gasteiger partial charge in [-0.15, -0.1) is 0 Å². The number of rotatable bonds is 4. The van der Waals surface area contributed by atoms with Crippen LogP contribution >= 0.6 is 11.3 Å². The molecule has 0 N–H and O–H groups in total. The predicted octanol–water partition coefficient (Wildman–Crippen LogP) is 8.22. The maximum Gasteiger partial charge on any atom is 0.418 e. The van der Waals surface area contributed by atoms with Crippen LogP contribution in [-0.4, -0.2) is 27.9 Å². The van der Waals surface area contributed by atoms with Gasteiger partial charge in [-0.25, -0.2) is 18.4 Å². The van der Waals surface area contributed by atoms with Crippen molar-refractivity contribution in [3.05, 3.63) is 70.5 Å². The van der Waals surface area contributed by atoms with E-state index in [1.807, 2.05) is 0 Å². The molecule has 0 atom stereocenters. The highest BCUT2D eigenvalue weighted by Gasteiger charge is 2.49. The van der Waals surface area contributed by atoms with Crippen molar-refractivity contribution >= 4 is 26.7 Å². The molecule has 38 heavy (non-hydrogen) atoms. The molecule has 1 spiro atoms. The second-order valence-electron chi connectivity index (χ2n) is 10.7. The van der Waals surface area contributed by atoms with Crippen molar-refractivity contribution < 1.29 is 22.0 Å². The van der Waals surface area contributed by atoms with E-state index in [0.717, 1.165) is 59.1 Å². The van der Waals surface area contributed by atoms with E-state index in [0.29, 0.717) is 12.8 Å². The van der Waals surface area contributed by atoms with Crippen LogP contribution in [0.2, 0.25) is 0 Å². The van der Waals surface area contributed by atoms with Gasteiger partial charge in [0.2, 0.25) is 0 Å². The van der Waals surface area contributed by atoms with Gasteiger partial charge >= 0.3 is 6.18 Å². The van der Waals surface area contributed by atoms with Crippen LogP contribution in [0.4, 0.5) is 27.1 Å². The summed E-state index contributed by atoms with van der Waals surface area (Å²) in [6.45, 7) is 5.80. The van der Waals surface area contributed by atoms with Gasteiger partial charge in [-0.1, -0.05) is 29.5 Å². The van der Waals surface area contributed by atoms with Gasteiger partial charge in [0, 0.05) is 19.0 Å². The number of halogens is 5. The van der Waals surface area contributed by atoms with Crippen molar-refractivity contribution in [2.75, 3.05) is 18.0 Å². The number of para-hydroxylation sites is 1. The van der Waals surface area contributed by atoms with E-state index < -0.39 is 18.2 Å². The Morgan fingerprint density at radius 1 is 1.05 bits per heavy atom. The van der Waals surface area contributed by atoms with Gasteiger partial charge in [0.1, 0.15) is 0 Å². The normalized spacial score (nSPS) is 18.1. The zero-order chi connectivity index (χ0) is 26.8. The molecule has 1 aliphatic carbocycles. The van der Waals surface area contributed by atoms with Crippen LogP contribution in [-0.2, 0) is 6.18 Å². The van der Waals surface area contributed by atoms with E-state index in [1.165, 1.54) is 28.5 Å². The van der Waals surface area contributed by atoms with Gasteiger partial charge in [0.25, 0.3) is 6.43 Å². The molecular weight excluding hydrogens is 519 g/mol. The maximum absolute atomic E-state index is 13.9. The van der Waals surface area contributed by atoms with Crippen molar-refractivity contribution in [2.45, 2.75) is 58.1 Å². The Kier molecular flexibility index (Phi) is 6.01. The zero-order valence-electron chi connectivity index (χ0n) is 21.0. The van der Waals surface area contributed by atoms with Gasteiger partial charge in [0.05, 0.1) is 38.9 Å². The number of fused-ring (bicyclic) bond motifs is 1. The number of anilines is 1. The van der Waals surface area contributed by atoms with Crippen molar-refractivity contribution in [3.63, 3.8) is 0 Å². The highest BCUT2D eigenvalue weighted by Crippen LogP contribution is 2.58. The van der Waals surface area contributed by atoms with Gasteiger partial charge in [-0.05, 0) is 74.3 Å². The second-order valence-corrected chi connectivity index (χ2v) is 11.7. The lowest BCUT2D eigenvalue weighted by molar-refractivity contribution is -0.137. The first kappa shape index (κ1) is 25.3. The first-order valence-electron chi connectivity index (χ1n) is 12.7. The Balaban J connectivity index is 1.22. The number of thiazole rings is 1. The molecule has 0 bridgehead atoms. The lowest BCUT2D eigenvalue weighted by atomic mass is 9.56. The summed E-state index contributed by atoms with van der Waals surface area (Å²) in [4.78, 5) is 7.18. The number of alkyl halides is 5. The number of nitrogens with zero attached hydrogens (tertiary/aromatic N) is 4. The SMILES string of the molecule is Cc1cc(C)c2nc(N3CCC4(CC3)CC(c3c(C(F)F)cnn3-c3ccccc3C(F)(F)F)C4)sc2c1. The van der Waals surface area contributed by atoms with Crippen LogP contribution in [0.1, 0.15) is 66.0 Å². The van der Waals surface area contributed by atoms with E-state index in [4.69, 9.17) is 4.98 Å². The lowest BCUT2D eigenvalue weighted by Gasteiger charge is -2.52. The minimum Gasteiger partial charge on any atom is -0.348 e. The van der Waals surface area contributed by atoms with Gasteiger partial charge in [-0.3, -0.25) is 0 Å². The van der Waals surface area contributed by atoms with Crippen molar-refractivity contribution in [2.24, 2.45) is 5.41 Å². The molecule has 3 heterocycles. The topological polar surface area (TPSA) is 34.0 Å². The van der Waals surface area contributed by atoms with Crippen molar-refractivity contribution in [1.29, 1.82) is 0 Å². The Bertz CT molecular complexity index is 1490. The van der Waals surface area contributed by atoms with E-state index in [9.17, 15) is 22.0 Å². The minimum atomic E-state index is -4.61. The Morgan fingerprint density at radius 3 is 2.45 bits per heavy atom. The van der Waals surface area contributed by atoms with Crippen LogP contribution in [0, 0.1) is 19.3 Å². The number of aromatic nitrogens is 3. The summed E-state index contributed by atoms with van der Waals surface area (Å²) >= 11 is 1.69. The van der Waals surface area contributed by atoms with Crippen molar-refractivity contribution in [1.82, 2.24) is 14.8 Å². The monoisotopic (exact) mass is 546 g/mol. The molecule has 200 valence electrons. The molecule has 10 heteroatoms. The Morgan fingerprint density at radius 2 is 1.76 bits per heavy atom. The summed E-state index contributed by atoms with van der Waals surface area (Å²) in [5, 5.41) is 5.03. The van der Waals surface area contributed by atoms with E-state index in [-0.39, 0.29) is 28.3 Å². The van der Waals surface area contributed by atoms with Crippen LogP contribution in [0.25, 0.3) is 15.9 Å². The van der Waals surface area contributed by atoms with E-state index in [1.54, 1.807) is 11.3 Å². The molecule has 0 unspecified atom stereocenters. The molecule has 2 aromatic heterocycles. The molecule has 6 rings (SSSR count). The fourth-order valence-electron chi connectivity index (χ4n) is 6.29. The number of benzene rings is 2. The molecule has 1 saturated carbocycles. The molecule has 4 aromatic rings. The minimum absolute atomic E-state index is 0.00237. The highest BCUT2D eigenvalue weighted by atomic mass is 32.1. The highest BCUT2D eigenvalue weighted by molar-refractivity contribution is 7.22. The fourth-order valence-corrected chi connectivity index (χ4v) is 7.48. The molecule has 2 aliphatic rings. The zero-order valence-corrected chi connectivity index (χ0v) is 21.8. The fraction of sp³-hybridized carbons (Fsp3) is 0.429. The molecule has 2 fully saturated rings. The number of hydrogen-bond donors (Lipinski definition) is 0. The first-order chi connectivity index (χ1) is 18.0. The molecular formula is C28H27F5N4S. The summed E-state index contributed by atoms with van der Waals surface area (Å²) in [5.41, 5.74) is 2.25. The van der Waals surface area contributed by atoms with Crippen LogP contribution in [0.15, 0.2) is 42.6 Å². The third kappa shape index (κ3) is 4.26. The molecule has 0 amide bonds. The summed E-state index contributed by atoms with van der Waals surface area (Å²) in [7, 11) is 0. The molecule has 2 aromatic carbocycles. The van der Waals surface area contributed by atoms with Gasteiger partial charge < -0.3 is 4.90 Å². The van der Waals surface area contributed by atoms with Crippen LogP contribution in [0.3, 0.4) is 0 Å². The first-order valence-corrected chi connectivity index (χ1v) is 13.5. The van der Waals surface area contributed by atoms with Crippen LogP contribution < -0.4 is 4.90 Å². The summed E-state index contributed by atoms with van der Waals surface area (Å²) in [6.07, 6.45) is -3.27. The van der Waals surface area contributed by atoms with Crippen LogP contribution in [0.5, 0.6) is 0 Å². The Labute approximate surface area is 221 Å². The smallest absolute Gasteiger partial charge is 0.348 e. The standard InChI is InChI=1S/C28H27F5N4S/c1-16-11-17(2)23-22(12-16)38-26(35-23)36-9-7-27(8-10-36)13-18(14-27)24-19(25(29)30)15-34-37(24)21-6-4-3-5-20(21)28(31,32)33/h3-6,11-12,15,18,25H,7-10,13-14H2,1-2H3. The largest absolute Gasteiger partial charge is 0.418 e. The maximum atomic E-state index is 13.9.